The van der Waals surface area contributed by atoms with Crippen LogP contribution in [0.1, 0.15) is 22.5 Å². The van der Waals surface area contributed by atoms with Gasteiger partial charge in [0.15, 0.2) is 15.5 Å². The van der Waals surface area contributed by atoms with Crippen LogP contribution in [-0.2, 0) is 16.0 Å². The van der Waals surface area contributed by atoms with Crippen molar-refractivity contribution in [3.63, 3.8) is 0 Å². The van der Waals surface area contributed by atoms with Gasteiger partial charge < -0.3 is 21.8 Å². The molecule has 0 spiro atoms. The number of nitrogens with zero attached hydrogens (tertiary/aromatic N) is 2. The first-order valence-electron chi connectivity index (χ1n) is 9.53. The minimum absolute atomic E-state index is 0.00112. The van der Waals surface area contributed by atoms with E-state index in [0.29, 0.717) is 5.52 Å². The van der Waals surface area contributed by atoms with E-state index in [4.69, 9.17) is 11.5 Å². The Morgan fingerprint density at radius 2 is 2.00 bits per heavy atom. The summed E-state index contributed by atoms with van der Waals surface area (Å²) in [5.74, 6) is -0.920. The first-order chi connectivity index (χ1) is 14.9. The number of carbonyl (C=O) groups excluding carboxylic acids is 1. The highest BCUT2D eigenvalue weighted by atomic mass is 32.2. The highest BCUT2D eigenvalue weighted by Crippen LogP contribution is 2.33. The minimum atomic E-state index is -4.51. The number of aromatic amines is 1. The molecule has 1 aromatic carbocycles. The summed E-state index contributed by atoms with van der Waals surface area (Å²) in [5, 5.41) is 3.19. The molecule has 1 fully saturated rings. The number of fused-ring (bicyclic) bond motifs is 1. The maximum absolute atomic E-state index is 13.0. The summed E-state index contributed by atoms with van der Waals surface area (Å²) in [4.78, 5) is 23.1. The van der Waals surface area contributed by atoms with Crippen LogP contribution in [0, 0.1) is 0 Å². The second-order valence-electron chi connectivity index (χ2n) is 7.62. The SMILES string of the molecule is NC(=O)c1ncc(N[C@@H]2CS(=O)(=O)CC[C@@H]2N)nc1-c1cc2cc(C(F)(F)F)ccc2[nH]1. The van der Waals surface area contributed by atoms with Crippen LogP contribution in [0.5, 0.6) is 0 Å². The van der Waals surface area contributed by atoms with Crippen molar-refractivity contribution >= 4 is 32.5 Å². The second kappa shape index (κ2) is 7.74. The van der Waals surface area contributed by atoms with Crippen LogP contribution in [-0.4, -0.2) is 52.9 Å². The Bertz CT molecular complexity index is 1310. The molecule has 3 aromatic rings. The quantitative estimate of drug-likeness (QED) is 0.454. The van der Waals surface area contributed by atoms with Crippen molar-refractivity contribution in [3.05, 3.63) is 41.7 Å². The molecular formula is C19H19F3N6O3S. The Labute approximate surface area is 180 Å². The Hall–Kier alpha value is -3.19. The molecule has 13 heteroatoms. The van der Waals surface area contributed by atoms with Gasteiger partial charge in [0.05, 0.1) is 35.0 Å². The molecule has 6 N–H and O–H groups in total. The molecule has 0 radical (unpaired) electrons. The van der Waals surface area contributed by atoms with Gasteiger partial charge in [-0.15, -0.1) is 0 Å². The normalized spacial score (nSPS) is 20.9. The number of amides is 1. The summed E-state index contributed by atoms with van der Waals surface area (Å²) in [6, 6.07) is 3.53. The predicted octanol–water partition coefficient (Wildman–Crippen LogP) is 1.67. The maximum atomic E-state index is 13.0. The number of alkyl halides is 3. The van der Waals surface area contributed by atoms with E-state index in [1.54, 1.807) is 0 Å². The molecule has 0 aliphatic carbocycles. The molecule has 4 rings (SSSR count). The number of hydrogen-bond acceptors (Lipinski definition) is 7. The number of sulfone groups is 1. The van der Waals surface area contributed by atoms with Crippen molar-refractivity contribution < 1.29 is 26.4 Å². The van der Waals surface area contributed by atoms with Crippen molar-refractivity contribution in [2.45, 2.75) is 24.7 Å². The number of hydrogen-bond donors (Lipinski definition) is 4. The molecule has 1 saturated heterocycles. The van der Waals surface area contributed by atoms with Gasteiger partial charge >= 0.3 is 6.18 Å². The molecule has 0 saturated carbocycles. The van der Waals surface area contributed by atoms with Gasteiger partial charge in [0.25, 0.3) is 5.91 Å². The van der Waals surface area contributed by atoms with Gasteiger partial charge in [0, 0.05) is 16.9 Å². The summed E-state index contributed by atoms with van der Waals surface area (Å²) in [7, 11) is -3.27. The fraction of sp³-hybridized carbons (Fsp3) is 0.316. The summed E-state index contributed by atoms with van der Waals surface area (Å²) < 4.78 is 63.0. The smallest absolute Gasteiger partial charge is 0.364 e. The highest BCUT2D eigenvalue weighted by molar-refractivity contribution is 7.91. The van der Waals surface area contributed by atoms with Crippen molar-refractivity contribution in [1.82, 2.24) is 15.0 Å². The Morgan fingerprint density at radius 3 is 2.69 bits per heavy atom. The monoisotopic (exact) mass is 468 g/mol. The standard InChI is InChI=1S/C19H19F3N6O3S/c20-19(21,22)10-1-2-12-9(5-10)6-13(26-12)16-17(18(24)29)25-7-15(28-16)27-14-8-32(30,31)4-3-11(14)23/h1-2,5-7,11,14,26H,3-4,8,23H2,(H2,24,29)(H,27,28)/t11-,14+/m0/s1. The Balaban J connectivity index is 1.73. The molecule has 2 atom stereocenters. The molecule has 0 bridgehead atoms. The van der Waals surface area contributed by atoms with E-state index in [0.717, 1.165) is 12.1 Å². The van der Waals surface area contributed by atoms with Crippen LogP contribution in [0.4, 0.5) is 19.0 Å². The summed E-state index contributed by atoms with van der Waals surface area (Å²) >= 11 is 0. The van der Waals surface area contributed by atoms with Gasteiger partial charge in [-0.05, 0) is 30.7 Å². The zero-order chi connectivity index (χ0) is 23.3. The Morgan fingerprint density at radius 1 is 1.25 bits per heavy atom. The molecule has 2 aromatic heterocycles. The third-order valence-electron chi connectivity index (χ3n) is 5.25. The third kappa shape index (κ3) is 4.39. The number of aromatic nitrogens is 3. The number of anilines is 1. The fourth-order valence-corrected chi connectivity index (χ4v) is 5.27. The van der Waals surface area contributed by atoms with Gasteiger partial charge in [-0.2, -0.15) is 13.2 Å². The number of nitrogens with one attached hydrogen (secondary N) is 2. The fourth-order valence-electron chi connectivity index (χ4n) is 3.60. The number of H-pyrrole nitrogens is 1. The molecular weight excluding hydrogens is 449 g/mol. The van der Waals surface area contributed by atoms with Crippen LogP contribution in [0.3, 0.4) is 0 Å². The van der Waals surface area contributed by atoms with Crippen LogP contribution in [0.25, 0.3) is 22.3 Å². The lowest BCUT2D eigenvalue weighted by Crippen LogP contribution is -2.50. The second-order valence-corrected chi connectivity index (χ2v) is 9.85. The largest absolute Gasteiger partial charge is 0.416 e. The summed E-state index contributed by atoms with van der Waals surface area (Å²) in [6.45, 7) is 0. The van der Waals surface area contributed by atoms with Gasteiger partial charge in [0.1, 0.15) is 11.5 Å². The molecule has 3 heterocycles. The maximum Gasteiger partial charge on any atom is 0.416 e. The lowest BCUT2D eigenvalue weighted by molar-refractivity contribution is -0.137. The molecule has 0 unspecified atom stereocenters. The highest BCUT2D eigenvalue weighted by Gasteiger charge is 2.32. The van der Waals surface area contributed by atoms with Crippen LogP contribution < -0.4 is 16.8 Å². The van der Waals surface area contributed by atoms with E-state index in [-0.39, 0.29) is 46.2 Å². The van der Waals surface area contributed by atoms with E-state index in [9.17, 15) is 26.4 Å². The average Bonchev–Trinajstić information content (AvgIpc) is 3.13. The van der Waals surface area contributed by atoms with E-state index in [2.05, 4.69) is 20.3 Å². The number of benzene rings is 1. The molecule has 32 heavy (non-hydrogen) atoms. The Kier molecular flexibility index (Phi) is 5.33. The zero-order valence-electron chi connectivity index (χ0n) is 16.5. The molecule has 1 aliphatic heterocycles. The van der Waals surface area contributed by atoms with E-state index >= 15 is 0 Å². The van der Waals surface area contributed by atoms with Crippen LogP contribution >= 0.6 is 0 Å². The van der Waals surface area contributed by atoms with Crippen molar-refractivity contribution in [2.24, 2.45) is 11.5 Å². The number of primary amides is 1. The summed E-state index contributed by atoms with van der Waals surface area (Å²) in [5.41, 5.74) is 11.0. The number of nitrogens with two attached hydrogens (primary N) is 2. The first-order valence-corrected chi connectivity index (χ1v) is 11.3. The molecule has 9 nitrogen and oxygen atoms in total. The van der Waals surface area contributed by atoms with E-state index in [1.807, 2.05) is 0 Å². The zero-order valence-corrected chi connectivity index (χ0v) is 17.3. The number of rotatable bonds is 4. The molecule has 170 valence electrons. The van der Waals surface area contributed by atoms with E-state index < -0.39 is 39.6 Å². The minimum Gasteiger partial charge on any atom is -0.364 e. The van der Waals surface area contributed by atoms with Crippen LogP contribution in [0.2, 0.25) is 0 Å². The van der Waals surface area contributed by atoms with Crippen molar-refractivity contribution in [3.8, 4) is 11.4 Å². The van der Waals surface area contributed by atoms with Crippen molar-refractivity contribution in [2.75, 3.05) is 16.8 Å². The predicted molar refractivity (Wildman–Crippen MR) is 112 cm³/mol. The van der Waals surface area contributed by atoms with E-state index in [1.165, 1.54) is 18.3 Å². The molecule has 1 amide bonds. The number of carbonyl (C=O) groups is 1. The van der Waals surface area contributed by atoms with Gasteiger partial charge in [-0.1, -0.05) is 0 Å². The summed E-state index contributed by atoms with van der Waals surface area (Å²) in [6.07, 6.45) is -3.00. The van der Waals surface area contributed by atoms with Crippen LogP contribution in [0.15, 0.2) is 30.5 Å². The lowest BCUT2D eigenvalue weighted by atomic mass is 10.1. The topological polar surface area (TPSA) is 157 Å². The third-order valence-corrected chi connectivity index (χ3v) is 6.98. The van der Waals surface area contributed by atoms with Gasteiger partial charge in [0.2, 0.25) is 0 Å². The van der Waals surface area contributed by atoms with Gasteiger partial charge in [-0.25, -0.2) is 18.4 Å². The average molecular weight is 468 g/mol. The van der Waals surface area contributed by atoms with Gasteiger partial charge in [-0.3, -0.25) is 4.79 Å². The number of halogens is 3. The first kappa shape index (κ1) is 22.0. The lowest BCUT2D eigenvalue weighted by Gasteiger charge is -2.29. The molecule has 1 aliphatic rings. The van der Waals surface area contributed by atoms with Crippen molar-refractivity contribution in [1.29, 1.82) is 0 Å².